The number of likely N-dealkylation sites (tertiary alicyclic amines) is 1. The third-order valence-electron chi connectivity index (χ3n) is 3.97. The number of piperazine rings is 1. The van der Waals surface area contributed by atoms with Crippen LogP contribution in [0, 0.1) is 0 Å². The summed E-state index contributed by atoms with van der Waals surface area (Å²) in [6, 6.07) is 0.149. The molecule has 0 aromatic carbocycles. The van der Waals surface area contributed by atoms with E-state index < -0.39 is 0 Å². The summed E-state index contributed by atoms with van der Waals surface area (Å²) in [7, 11) is 1.60. The Labute approximate surface area is 125 Å². The van der Waals surface area contributed by atoms with Crippen molar-refractivity contribution in [3.05, 3.63) is 0 Å². The third kappa shape index (κ3) is 4.66. The van der Waals surface area contributed by atoms with Gasteiger partial charge < -0.3 is 24.6 Å². The molecule has 1 unspecified atom stereocenters. The van der Waals surface area contributed by atoms with Crippen LogP contribution in [0.5, 0.6) is 0 Å². The number of carbonyl (C=O) groups excluding carboxylic acids is 2. The molecule has 7 nitrogen and oxygen atoms in total. The van der Waals surface area contributed by atoms with Gasteiger partial charge in [-0.25, -0.2) is 0 Å². The van der Waals surface area contributed by atoms with Crippen molar-refractivity contribution >= 4 is 11.8 Å². The molecule has 7 heteroatoms. The quantitative estimate of drug-likeness (QED) is 0.642. The van der Waals surface area contributed by atoms with Gasteiger partial charge in [-0.2, -0.15) is 0 Å². The predicted molar refractivity (Wildman–Crippen MR) is 76.9 cm³/mol. The fourth-order valence-electron chi connectivity index (χ4n) is 2.84. The summed E-state index contributed by atoms with van der Waals surface area (Å²) in [6.07, 6.45) is 1.91. The Morgan fingerprint density at radius 1 is 1.38 bits per heavy atom. The second-order valence-corrected chi connectivity index (χ2v) is 5.45. The van der Waals surface area contributed by atoms with Crippen molar-refractivity contribution in [3.8, 4) is 0 Å². The van der Waals surface area contributed by atoms with Gasteiger partial charge in [-0.3, -0.25) is 9.59 Å². The molecule has 2 saturated heterocycles. The van der Waals surface area contributed by atoms with Crippen LogP contribution in [0.15, 0.2) is 0 Å². The average molecular weight is 299 g/mol. The Kier molecular flexibility index (Phi) is 6.41. The van der Waals surface area contributed by atoms with E-state index in [1.165, 1.54) is 0 Å². The lowest BCUT2D eigenvalue weighted by Crippen LogP contribution is -2.57. The summed E-state index contributed by atoms with van der Waals surface area (Å²) >= 11 is 0. The van der Waals surface area contributed by atoms with E-state index in [4.69, 9.17) is 9.47 Å². The van der Waals surface area contributed by atoms with Crippen LogP contribution in [0.2, 0.25) is 0 Å². The second-order valence-electron chi connectivity index (χ2n) is 5.45. The number of piperidine rings is 1. The molecule has 2 amide bonds. The highest BCUT2D eigenvalue weighted by Crippen LogP contribution is 2.17. The van der Waals surface area contributed by atoms with Gasteiger partial charge in [0.2, 0.25) is 11.8 Å². The van der Waals surface area contributed by atoms with Gasteiger partial charge in [0.1, 0.15) is 6.61 Å². The first kappa shape index (κ1) is 16.2. The Morgan fingerprint density at radius 3 is 3.00 bits per heavy atom. The van der Waals surface area contributed by atoms with Crippen LogP contribution in [0.25, 0.3) is 0 Å². The van der Waals surface area contributed by atoms with Crippen LogP contribution in [0.1, 0.15) is 12.8 Å². The minimum absolute atomic E-state index is 0.00149. The van der Waals surface area contributed by atoms with Crippen molar-refractivity contribution in [2.45, 2.75) is 18.9 Å². The molecule has 1 atom stereocenters. The largest absolute Gasteiger partial charge is 0.382 e. The Balaban J connectivity index is 1.79. The molecule has 0 aliphatic carbocycles. The van der Waals surface area contributed by atoms with Crippen LogP contribution in [0.3, 0.4) is 0 Å². The molecule has 0 spiro atoms. The van der Waals surface area contributed by atoms with Gasteiger partial charge in [0.05, 0.1) is 19.8 Å². The minimum Gasteiger partial charge on any atom is -0.382 e. The van der Waals surface area contributed by atoms with Gasteiger partial charge in [-0.1, -0.05) is 0 Å². The zero-order chi connectivity index (χ0) is 15.1. The number of nitrogens with one attached hydrogen (secondary N) is 1. The van der Waals surface area contributed by atoms with Gasteiger partial charge in [-0.05, 0) is 12.8 Å². The van der Waals surface area contributed by atoms with Gasteiger partial charge in [-0.15, -0.1) is 0 Å². The molecule has 2 aliphatic heterocycles. The third-order valence-corrected chi connectivity index (χ3v) is 3.97. The van der Waals surface area contributed by atoms with Crippen molar-refractivity contribution in [1.29, 1.82) is 0 Å². The predicted octanol–water partition coefficient (Wildman–Crippen LogP) is -0.928. The highest BCUT2D eigenvalue weighted by molar-refractivity contribution is 5.80. The minimum atomic E-state index is -0.00149. The average Bonchev–Trinajstić information content (AvgIpc) is 2.52. The van der Waals surface area contributed by atoms with Crippen LogP contribution in [-0.2, 0) is 19.1 Å². The smallest absolute Gasteiger partial charge is 0.248 e. The van der Waals surface area contributed by atoms with Gasteiger partial charge in [0.15, 0.2) is 0 Å². The first-order valence-electron chi connectivity index (χ1n) is 7.57. The number of nitrogens with zero attached hydrogens (tertiary/aromatic N) is 2. The van der Waals surface area contributed by atoms with Crippen molar-refractivity contribution in [3.63, 3.8) is 0 Å². The molecule has 1 N–H and O–H groups in total. The van der Waals surface area contributed by atoms with Crippen LogP contribution in [-0.4, -0.2) is 87.3 Å². The van der Waals surface area contributed by atoms with Crippen LogP contribution < -0.4 is 5.32 Å². The standard InChI is InChI=1S/C14H25N3O4/c1-20-7-8-21-11-14(19)16-5-2-3-12(10-16)17-6-4-15-9-13(17)18/h12,15H,2-11H2,1H3. The number of carbonyl (C=O) groups is 2. The van der Waals surface area contributed by atoms with E-state index in [2.05, 4.69) is 5.32 Å². The number of hydrogen-bond donors (Lipinski definition) is 1. The van der Waals surface area contributed by atoms with E-state index >= 15 is 0 Å². The maximum atomic E-state index is 12.1. The van der Waals surface area contributed by atoms with Crippen molar-refractivity contribution < 1.29 is 19.1 Å². The molecule has 2 fully saturated rings. The molecule has 0 saturated carbocycles. The maximum absolute atomic E-state index is 12.1. The van der Waals surface area contributed by atoms with Crippen LogP contribution in [0.4, 0.5) is 0 Å². The summed E-state index contributed by atoms with van der Waals surface area (Å²) in [5, 5.41) is 3.07. The Bertz CT molecular complexity index is 364. The molecular formula is C14H25N3O4. The summed E-state index contributed by atoms with van der Waals surface area (Å²) in [5.74, 6) is 0.135. The highest BCUT2D eigenvalue weighted by atomic mass is 16.5. The van der Waals surface area contributed by atoms with E-state index in [0.717, 1.165) is 32.5 Å². The molecular weight excluding hydrogens is 274 g/mol. The number of hydrogen-bond acceptors (Lipinski definition) is 5. The van der Waals surface area contributed by atoms with Gasteiger partial charge in [0.25, 0.3) is 0 Å². The van der Waals surface area contributed by atoms with E-state index in [-0.39, 0.29) is 24.5 Å². The lowest BCUT2D eigenvalue weighted by Gasteiger charge is -2.41. The molecule has 2 heterocycles. The van der Waals surface area contributed by atoms with Crippen molar-refractivity contribution in [1.82, 2.24) is 15.1 Å². The first-order valence-corrected chi connectivity index (χ1v) is 7.57. The molecule has 2 rings (SSSR count). The van der Waals surface area contributed by atoms with Crippen LogP contribution >= 0.6 is 0 Å². The highest BCUT2D eigenvalue weighted by Gasteiger charge is 2.31. The number of rotatable bonds is 6. The molecule has 0 aromatic heterocycles. The molecule has 21 heavy (non-hydrogen) atoms. The first-order chi connectivity index (χ1) is 10.2. The van der Waals surface area contributed by atoms with E-state index in [1.54, 1.807) is 7.11 Å². The second kappa shape index (κ2) is 8.31. The summed E-state index contributed by atoms with van der Waals surface area (Å²) in [4.78, 5) is 27.8. The topological polar surface area (TPSA) is 71.1 Å². The summed E-state index contributed by atoms with van der Waals surface area (Å²) in [6.45, 7) is 4.35. The summed E-state index contributed by atoms with van der Waals surface area (Å²) in [5.41, 5.74) is 0. The van der Waals surface area contributed by atoms with E-state index in [0.29, 0.717) is 26.3 Å². The van der Waals surface area contributed by atoms with E-state index in [1.807, 2.05) is 9.80 Å². The molecule has 0 bridgehead atoms. The summed E-state index contributed by atoms with van der Waals surface area (Å²) < 4.78 is 10.2. The maximum Gasteiger partial charge on any atom is 0.248 e. The number of amides is 2. The normalized spacial score (nSPS) is 23.5. The molecule has 120 valence electrons. The van der Waals surface area contributed by atoms with Crippen molar-refractivity contribution in [2.75, 3.05) is 59.7 Å². The Hall–Kier alpha value is -1.18. The zero-order valence-electron chi connectivity index (χ0n) is 12.7. The lowest BCUT2D eigenvalue weighted by atomic mass is 10.0. The number of methoxy groups -OCH3 is 1. The Morgan fingerprint density at radius 2 is 2.24 bits per heavy atom. The molecule has 2 aliphatic rings. The fraction of sp³-hybridized carbons (Fsp3) is 0.857. The van der Waals surface area contributed by atoms with Gasteiger partial charge in [0, 0.05) is 39.3 Å². The van der Waals surface area contributed by atoms with Crippen molar-refractivity contribution in [2.24, 2.45) is 0 Å². The van der Waals surface area contributed by atoms with Gasteiger partial charge >= 0.3 is 0 Å². The monoisotopic (exact) mass is 299 g/mol. The molecule has 0 aromatic rings. The lowest BCUT2D eigenvalue weighted by molar-refractivity contribution is -0.143. The number of ether oxygens (including phenoxy) is 2. The zero-order valence-corrected chi connectivity index (χ0v) is 12.7. The molecule has 0 radical (unpaired) electrons. The fourth-order valence-corrected chi connectivity index (χ4v) is 2.84. The SMILES string of the molecule is COCCOCC(=O)N1CCCC(N2CCNCC2=O)C1. The van der Waals surface area contributed by atoms with E-state index in [9.17, 15) is 9.59 Å².